The summed E-state index contributed by atoms with van der Waals surface area (Å²) < 4.78 is 73.6. The Kier molecular flexibility index (Phi) is 7.56. The van der Waals surface area contributed by atoms with Crippen LogP contribution in [0, 0.1) is 0 Å². The predicted octanol–water partition coefficient (Wildman–Crippen LogP) is 2.25. The highest BCUT2D eigenvalue weighted by Crippen LogP contribution is 2.35. The molecule has 0 bridgehead atoms. The molecule has 0 rings (SSSR count). The second kappa shape index (κ2) is 7.78. The average Bonchev–Trinajstić information content (AvgIpc) is 2.20. The lowest BCUT2D eigenvalue weighted by molar-refractivity contribution is -0.297. The lowest BCUT2D eigenvalue weighted by atomic mass is 10.3. The molecule has 17 heavy (non-hydrogen) atoms. The predicted molar refractivity (Wildman–Crippen MR) is 49.1 cm³/mol. The lowest BCUT2D eigenvalue weighted by Gasteiger charge is -2.19. The first kappa shape index (κ1) is 16.5. The summed E-state index contributed by atoms with van der Waals surface area (Å²) in [5.74, 6) is -4.82. The van der Waals surface area contributed by atoms with Crippen molar-refractivity contribution in [1.82, 2.24) is 0 Å². The molecule has 104 valence electrons. The minimum atomic E-state index is -5.58. The van der Waals surface area contributed by atoms with Gasteiger partial charge in [-0.25, -0.2) is 0 Å². The Hall–Kier alpha value is -0.470. The number of ether oxygens (including phenoxy) is 3. The van der Waals surface area contributed by atoms with Gasteiger partial charge in [-0.2, -0.15) is 22.0 Å². The zero-order valence-electron chi connectivity index (χ0n) is 9.36. The fourth-order valence-electron chi connectivity index (χ4n) is 0.764. The molecule has 0 aliphatic rings. The molecule has 0 amide bonds. The van der Waals surface area contributed by atoms with Crippen molar-refractivity contribution in [3.63, 3.8) is 0 Å². The summed E-state index contributed by atoms with van der Waals surface area (Å²) in [6, 6.07) is 0. The summed E-state index contributed by atoms with van der Waals surface area (Å²) in [5.41, 5.74) is 0. The lowest BCUT2D eigenvalue weighted by Crippen LogP contribution is -2.41. The van der Waals surface area contributed by atoms with E-state index >= 15 is 0 Å². The molecule has 0 radical (unpaired) electrons. The Morgan fingerprint density at radius 3 is 1.71 bits per heavy atom. The van der Waals surface area contributed by atoms with Crippen molar-refractivity contribution in [1.29, 1.82) is 0 Å². The maximum Gasteiger partial charge on any atom is 0.455 e. The summed E-state index contributed by atoms with van der Waals surface area (Å²) in [7, 11) is 0. The molecule has 0 fully saturated rings. The van der Waals surface area contributed by atoms with Crippen molar-refractivity contribution in [2.75, 3.05) is 39.6 Å². The van der Waals surface area contributed by atoms with Crippen LogP contribution in [0.15, 0.2) is 0 Å². The van der Waals surface area contributed by atoms with Crippen LogP contribution in [0.1, 0.15) is 6.92 Å². The molecule has 0 atom stereocenters. The van der Waals surface area contributed by atoms with Crippen molar-refractivity contribution < 1.29 is 36.2 Å². The standard InChI is InChI=1S/C9H15F5O3/c1-2-15-3-4-16-5-6-17-7-8(10,11)9(12,13)14/h2-7H2,1H3. The van der Waals surface area contributed by atoms with Gasteiger partial charge in [-0.3, -0.25) is 0 Å². The molecular formula is C9H15F5O3. The fraction of sp³-hybridized carbons (Fsp3) is 1.00. The Morgan fingerprint density at radius 2 is 1.24 bits per heavy atom. The van der Waals surface area contributed by atoms with Crippen LogP contribution in [0.3, 0.4) is 0 Å². The van der Waals surface area contributed by atoms with Crippen LogP contribution < -0.4 is 0 Å². The van der Waals surface area contributed by atoms with E-state index in [1.54, 1.807) is 6.92 Å². The van der Waals surface area contributed by atoms with Gasteiger partial charge in [-0.1, -0.05) is 0 Å². The molecule has 0 saturated heterocycles. The minimum absolute atomic E-state index is 0.0546. The molecule has 0 aromatic rings. The average molecular weight is 266 g/mol. The molecule has 8 heteroatoms. The summed E-state index contributed by atoms with van der Waals surface area (Å²) in [5, 5.41) is 0. The van der Waals surface area contributed by atoms with E-state index in [0.29, 0.717) is 13.2 Å². The highest BCUT2D eigenvalue weighted by atomic mass is 19.4. The van der Waals surface area contributed by atoms with Crippen molar-refractivity contribution in [3.8, 4) is 0 Å². The largest absolute Gasteiger partial charge is 0.455 e. The molecule has 3 nitrogen and oxygen atoms in total. The number of alkyl halides is 5. The third-order valence-electron chi connectivity index (χ3n) is 1.65. The first-order valence-corrected chi connectivity index (χ1v) is 4.99. The van der Waals surface area contributed by atoms with Crippen LogP contribution in [0.5, 0.6) is 0 Å². The zero-order chi connectivity index (χ0) is 13.4. The van der Waals surface area contributed by atoms with Crippen LogP contribution in [-0.2, 0) is 14.2 Å². The van der Waals surface area contributed by atoms with E-state index in [1.807, 2.05) is 0 Å². The first-order chi connectivity index (χ1) is 7.81. The molecular weight excluding hydrogens is 251 g/mol. The normalized spacial score (nSPS) is 13.1. The number of hydrogen-bond acceptors (Lipinski definition) is 3. The minimum Gasteiger partial charge on any atom is -0.379 e. The van der Waals surface area contributed by atoms with Gasteiger partial charge in [0.25, 0.3) is 0 Å². The van der Waals surface area contributed by atoms with E-state index in [9.17, 15) is 22.0 Å². The second-order valence-electron chi connectivity index (χ2n) is 3.06. The molecule has 0 spiro atoms. The Labute approximate surface area is 95.8 Å². The molecule has 0 unspecified atom stereocenters. The van der Waals surface area contributed by atoms with Gasteiger partial charge in [0.05, 0.1) is 26.4 Å². The monoisotopic (exact) mass is 266 g/mol. The summed E-state index contributed by atoms with van der Waals surface area (Å²) in [6.07, 6.45) is -5.58. The second-order valence-corrected chi connectivity index (χ2v) is 3.06. The smallest absolute Gasteiger partial charge is 0.379 e. The van der Waals surface area contributed by atoms with E-state index in [2.05, 4.69) is 4.74 Å². The molecule has 0 aliphatic heterocycles. The third kappa shape index (κ3) is 7.45. The molecule has 0 heterocycles. The zero-order valence-corrected chi connectivity index (χ0v) is 9.36. The van der Waals surface area contributed by atoms with Gasteiger partial charge < -0.3 is 14.2 Å². The maximum absolute atomic E-state index is 12.3. The third-order valence-corrected chi connectivity index (χ3v) is 1.65. The summed E-state index contributed by atoms with van der Waals surface area (Å²) in [6.45, 7) is 0.839. The molecule has 0 saturated carbocycles. The van der Waals surface area contributed by atoms with E-state index in [4.69, 9.17) is 9.47 Å². The number of hydrogen-bond donors (Lipinski definition) is 0. The quantitative estimate of drug-likeness (QED) is 0.473. The van der Waals surface area contributed by atoms with Crippen molar-refractivity contribution in [2.24, 2.45) is 0 Å². The highest BCUT2D eigenvalue weighted by molar-refractivity contribution is 4.74. The van der Waals surface area contributed by atoms with Crippen LogP contribution in [0.25, 0.3) is 0 Å². The van der Waals surface area contributed by atoms with Gasteiger partial charge in [0.15, 0.2) is 0 Å². The van der Waals surface area contributed by atoms with Crippen LogP contribution in [-0.4, -0.2) is 51.7 Å². The van der Waals surface area contributed by atoms with E-state index in [0.717, 1.165) is 0 Å². The van der Waals surface area contributed by atoms with Gasteiger partial charge in [0.2, 0.25) is 0 Å². The molecule has 0 aliphatic carbocycles. The van der Waals surface area contributed by atoms with Crippen LogP contribution >= 0.6 is 0 Å². The Balaban J connectivity index is 3.46. The summed E-state index contributed by atoms with van der Waals surface area (Å²) >= 11 is 0. The highest BCUT2D eigenvalue weighted by Gasteiger charge is 2.57. The van der Waals surface area contributed by atoms with Gasteiger partial charge in [-0.15, -0.1) is 0 Å². The van der Waals surface area contributed by atoms with Gasteiger partial charge in [0.1, 0.15) is 6.61 Å². The molecule has 0 aromatic carbocycles. The fourth-order valence-corrected chi connectivity index (χ4v) is 0.764. The van der Waals surface area contributed by atoms with Gasteiger partial charge in [0, 0.05) is 6.61 Å². The van der Waals surface area contributed by atoms with Crippen molar-refractivity contribution in [3.05, 3.63) is 0 Å². The SMILES string of the molecule is CCOCCOCCOCC(F)(F)C(F)(F)F. The molecule has 0 N–H and O–H groups in total. The maximum atomic E-state index is 12.3. The van der Waals surface area contributed by atoms with Crippen LogP contribution in [0.2, 0.25) is 0 Å². The number of rotatable bonds is 9. The van der Waals surface area contributed by atoms with E-state index < -0.39 is 18.7 Å². The van der Waals surface area contributed by atoms with E-state index in [1.165, 1.54) is 0 Å². The van der Waals surface area contributed by atoms with Crippen molar-refractivity contribution >= 4 is 0 Å². The molecule has 0 aromatic heterocycles. The van der Waals surface area contributed by atoms with Crippen molar-refractivity contribution in [2.45, 2.75) is 19.0 Å². The summed E-state index contributed by atoms with van der Waals surface area (Å²) in [4.78, 5) is 0. The van der Waals surface area contributed by atoms with E-state index in [-0.39, 0.29) is 19.8 Å². The van der Waals surface area contributed by atoms with Crippen LogP contribution in [0.4, 0.5) is 22.0 Å². The number of halogens is 5. The Morgan fingerprint density at radius 1 is 0.765 bits per heavy atom. The topological polar surface area (TPSA) is 27.7 Å². The first-order valence-electron chi connectivity index (χ1n) is 4.99. The van der Waals surface area contributed by atoms with Gasteiger partial charge in [-0.05, 0) is 6.92 Å². The Bertz CT molecular complexity index is 196. The van der Waals surface area contributed by atoms with Gasteiger partial charge >= 0.3 is 12.1 Å².